The van der Waals surface area contributed by atoms with Crippen molar-refractivity contribution in [1.82, 2.24) is 5.12 Å². The average Bonchev–Trinajstić information content (AvgIpc) is 2.24. The van der Waals surface area contributed by atoms with Gasteiger partial charge >= 0.3 is 17.9 Å². The number of thioether (sulfide) groups is 1. The van der Waals surface area contributed by atoms with E-state index >= 15 is 0 Å². The van der Waals surface area contributed by atoms with Gasteiger partial charge in [0.1, 0.15) is 5.60 Å². The molecule has 0 aliphatic heterocycles. The van der Waals surface area contributed by atoms with Crippen molar-refractivity contribution in [3.8, 4) is 0 Å². The van der Waals surface area contributed by atoms with Gasteiger partial charge in [0.05, 0.1) is 0 Å². The molecule has 0 bridgehead atoms. The van der Waals surface area contributed by atoms with Crippen LogP contribution in [0.2, 0.25) is 0 Å². The molecular formula is C10H16F3NO4S. The Morgan fingerprint density at radius 3 is 2.21 bits per heavy atom. The molecule has 0 radical (unpaired) electrons. The fraction of sp³-hybridized carbons (Fsp3) is 0.800. The number of ether oxygens (including phenoxy) is 1. The molecule has 5 nitrogen and oxygen atoms in total. The Balaban J connectivity index is 5.19. The second kappa shape index (κ2) is 6.36. The summed E-state index contributed by atoms with van der Waals surface area (Å²) in [6.07, 6.45) is -3.26. The molecule has 19 heavy (non-hydrogen) atoms. The first-order chi connectivity index (χ1) is 8.46. The molecule has 2 atom stereocenters. The minimum absolute atomic E-state index is 0.633. The number of hydrogen-bond acceptors (Lipinski definition) is 4. The van der Waals surface area contributed by atoms with Gasteiger partial charge in [-0.3, -0.25) is 0 Å². The van der Waals surface area contributed by atoms with E-state index < -0.39 is 40.5 Å². The van der Waals surface area contributed by atoms with Crippen LogP contribution in [0.5, 0.6) is 0 Å². The monoisotopic (exact) mass is 303 g/mol. The molecule has 2 unspecified atom stereocenters. The third kappa shape index (κ3) is 4.48. The topological polar surface area (TPSA) is 66.8 Å². The average molecular weight is 303 g/mol. The predicted molar refractivity (Wildman–Crippen MR) is 63.9 cm³/mol. The van der Waals surface area contributed by atoms with E-state index in [2.05, 4.69) is 4.74 Å². The number of carboxylic acids is 1. The first-order valence-electron chi connectivity index (χ1n) is 5.21. The van der Waals surface area contributed by atoms with Crippen molar-refractivity contribution >= 4 is 23.8 Å². The van der Waals surface area contributed by atoms with Crippen LogP contribution in [-0.4, -0.2) is 51.9 Å². The first kappa shape index (κ1) is 17.9. The Bertz CT molecular complexity index is 350. The highest BCUT2D eigenvalue weighted by Gasteiger charge is 2.57. The van der Waals surface area contributed by atoms with Crippen molar-refractivity contribution < 1.29 is 32.7 Å². The van der Waals surface area contributed by atoms with Gasteiger partial charge in [0.25, 0.3) is 0 Å². The van der Waals surface area contributed by atoms with Crippen LogP contribution in [0, 0.1) is 0 Å². The van der Waals surface area contributed by atoms with E-state index in [1.54, 1.807) is 0 Å². The lowest BCUT2D eigenvalue weighted by Crippen LogP contribution is -2.57. The number of amides is 1. The molecule has 9 heteroatoms. The lowest BCUT2D eigenvalue weighted by molar-refractivity contribution is -0.202. The van der Waals surface area contributed by atoms with E-state index in [4.69, 9.17) is 5.11 Å². The van der Waals surface area contributed by atoms with Crippen LogP contribution in [0.4, 0.5) is 18.1 Å². The van der Waals surface area contributed by atoms with Gasteiger partial charge in [-0.05, 0) is 27.0 Å². The van der Waals surface area contributed by atoms with Crippen molar-refractivity contribution in [3.05, 3.63) is 0 Å². The van der Waals surface area contributed by atoms with E-state index in [9.17, 15) is 22.9 Å². The lowest BCUT2D eigenvalue weighted by atomic mass is 10.1. The fourth-order valence-corrected chi connectivity index (χ4v) is 1.55. The van der Waals surface area contributed by atoms with Crippen LogP contribution in [-0.2, 0) is 9.53 Å². The Labute approximate surface area is 113 Å². The van der Waals surface area contributed by atoms with Gasteiger partial charge in [-0.25, -0.2) is 18.4 Å². The minimum Gasteiger partial charge on any atom is -0.477 e. The first-order valence-corrected chi connectivity index (χ1v) is 6.60. The van der Waals surface area contributed by atoms with Gasteiger partial charge in [-0.15, -0.1) is 0 Å². The summed E-state index contributed by atoms with van der Waals surface area (Å²) in [7, 11) is 0. The van der Waals surface area contributed by atoms with Gasteiger partial charge in [-0.1, -0.05) is 9.60 Å². The zero-order chi connectivity index (χ0) is 15.4. The summed E-state index contributed by atoms with van der Waals surface area (Å²) < 4.78 is 45.5. The molecule has 1 N–H and O–H groups in total. The maximum Gasteiger partial charge on any atom is 0.442 e. The van der Waals surface area contributed by atoms with Crippen molar-refractivity contribution in [2.24, 2.45) is 0 Å². The molecule has 0 saturated carbocycles. The molecule has 0 heterocycles. The molecule has 0 aromatic carbocycles. The molecule has 0 aliphatic carbocycles. The van der Waals surface area contributed by atoms with E-state index in [0.717, 1.165) is 11.8 Å². The quantitative estimate of drug-likeness (QED) is 0.624. The minimum atomic E-state index is -4.12. The molecule has 0 saturated heterocycles. The number of alkyl halides is 2. The maximum atomic E-state index is 14.0. The molecule has 0 spiro atoms. The number of hydrogen-bond donors (Lipinski definition) is 1. The van der Waals surface area contributed by atoms with Crippen LogP contribution < -0.4 is 0 Å². The van der Waals surface area contributed by atoms with E-state index in [0.29, 0.717) is 0 Å². The van der Waals surface area contributed by atoms with Gasteiger partial charge < -0.3 is 9.84 Å². The largest absolute Gasteiger partial charge is 0.477 e. The van der Waals surface area contributed by atoms with E-state index in [1.807, 2.05) is 0 Å². The highest BCUT2D eigenvalue weighted by molar-refractivity contribution is 7.98. The zero-order valence-corrected chi connectivity index (χ0v) is 11.8. The standard InChI is InChI=1S/C10H16F3NO4S/c1-9(2,3)18-8(17)14(13)10(12,7(15)16)6(11)5-19-4/h6H,5H2,1-4H3,(H,15,16). The highest BCUT2D eigenvalue weighted by Crippen LogP contribution is 2.29. The van der Waals surface area contributed by atoms with Gasteiger partial charge in [0, 0.05) is 5.75 Å². The predicted octanol–water partition coefficient (Wildman–Crippen LogP) is 2.56. The molecule has 0 rings (SSSR count). The number of carbonyl (C=O) groups is 2. The SMILES string of the molecule is CSCC(F)C(F)(C(=O)O)N(F)C(=O)OC(C)(C)C. The molecule has 0 fully saturated rings. The smallest absolute Gasteiger partial charge is 0.442 e. The maximum absolute atomic E-state index is 14.0. The van der Waals surface area contributed by atoms with Crippen molar-refractivity contribution in [2.75, 3.05) is 12.0 Å². The van der Waals surface area contributed by atoms with Crippen molar-refractivity contribution in [3.63, 3.8) is 0 Å². The van der Waals surface area contributed by atoms with E-state index in [-0.39, 0.29) is 0 Å². The summed E-state index contributed by atoms with van der Waals surface area (Å²) in [6, 6.07) is 0. The Morgan fingerprint density at radius 1 is 1.42 bits per heavy atom. The van der Waals surface area contributed by atoms with Crippen molar-refractivity contribution in [1.29, 1.82) is 0 Å². The van der Waals surface area contributed by atoms with Gasteiger partial charge in [0.2, 0.25) is 0 Å². The van der Waals surface area contributed by atoms with Crippen molar-refractivity contribution in [2.45, 2.75) is 38.3 Å². The summed E-state index contributed by atoms with van der Waals surface area (Å²) in [5.74, 6) is -7.19. The summed E-state index contributed by atoms with van der Waals surface area (Å²) in [6.45, 7) is 4.11. The highest BCUT2D eigenvalue weighted by atomic mass is 32.2. The molecule has 0 aromatic heterocycles. The zero-order valence-electron chi connectivity index (χ0n) is 10.9. The normalized spacial score (nSPS) is 16.4. The number of nitrogens with zero attached hydrogens (tertiary/aromatic N) is 1. The molecular weight excluding hydrogens is 287 g/mol. The summed E-state index contributed by atoms with van der Waals surface area (Å²) in [4.78, 5) is 22.0. The van der Waals surface area contributed by atoms with Gasteiger partial charge in [0.15, 0.2) is 6.17 Å². The molecule has 112 valence electrons. The van der Waals surface area contributed by atoms with Crippen LogP contribution in [0.3, 0.4) is 0 Å². The number of carboxylic acid groups (broad SMARTS) is 1. The van der Waals surface area contributed by atoms with Crippen LogP contribution in [0.1, 0.15) is 20.8 Å². The van der Waals surface area contributed by atoms with Crippen LogP contribution in [0.25, 0.3) is 0 Å². The summed E-state index contributed by atoms with van der Waals surface area (Å²) >= 11 is 0.772. The number of halogens is 3. The van der Waals surface area contributed by atoms with Crippen LogP contribution in [0.15, 0.2) is 0 Å². The second-order valence-corrected chi connectivity index (χ2v) is 5.57. The molecule has 1 amide bonds. The third-order valence-corrected chi connectivity index (χ3v) is 2.49. The molecule has 0 aliphatic rings. The Morgan fingerprint density at radius 2 is 1.89 bits per heavy atom. The summed E-state index contributed by atoms with van der Waals surface area (Å²) in [5.41, 5.74) is -1.17. The number of rotatable bonds is 5. The molecule has 0 aromatic rings. The third-order valence-electron chi connectivity index (χ3n) is 1.87. The second-order valence-electron chi connectivity index (χ2n) is 4.66. The van der Waals surface area contributed by atoms with Crippen LogP contribution >= 0.6 is 11.8 Å². The van der Waals surface area contributed by atoms with E-state index in [1.165, 1.54) is 27.0 Å². The number of aliphatic carboxylic acids is 1. The Hall–Kier alpha value is -1.12. The van der Waals surface area contributed by atoms with Gasteiger partial charge in [-0.2, -0.15) is 11.8 Å². The Kier molecular flexibility index (Phi) is 5.98. The lowest BCUT2D eigenvalue weighted by Gasteiger charge is -2.30. The number of carbonyl (C=O) groups excluding carboxylic acids is 1. The fourth-order valence-electron chi connectivity index (χ4n) is 1.03. The summed E-state index contributed by atoms with van der Waals surface area (Å²) in [5, 5.41) is 7.27.